The van der Waals surface area contributed by atoms with Crippen LogP contribution in [0.3, 0.4) is 0 Å². The number of rotatable bonds is 2. The van der Waals surface area contributed by atoms with E-state index in [0.29, 0.717) is 5.58 Å². The Balaban J connectivity index is 1.71. The summed E-state index contributed by atoms with van der Waals surface area (Å²) in [5, 5.41) is 1.75. The molecule has 2 heteroatoms. The van der Waals surface area contributed by atoms with Gasteiger partial charge >= 0.3 is 0 Å². The van der Waals surface area contributed by atoms with Crippen molar-refractivity contribution in [2.75, 3.05) is 0 Å². The Hall–Kier alpha value is -3.39. The zero-order chi connectivity index (χ0) is 18.4. The van der Waals surface area contributed by atoms with Crippen molar-refractivity contribution in [2.24, 2.45) is 0 Å². The average molecular weight is 352 g/mol. The van der Waals surface area contributed by atoms with Gasteiger partial charge in [0.1, 0.15) is 17.0 Å². The molecule has 0 radical (unpaired) electrons. The van der Waals surface area contributed by atoms with Gasteiger partial charge in [0.15, 0.2) is 0 Å². The molecule has 1 aromatic heterocycles. The molecule has 0 fully saturated rings. The van der Waals surface area contributed by atoms with Crippen LogP contribution >= 0.6 is 0 Å². The maximum atomic E-state index is 13.7. The molecule has 1 heterocycles. The second kappa shape index (κ2) is 6.10. The second-order valence-electron chi connectivity index (χ2n) is 6.82. The van der Waals surface area contributed by atoms with Gasteiger partial charge in [0.05, 0.1) is 0 Å². The molecule has 0 amide bonds. The fourth-order valence-electron chi connectivity index (χ4n) is 3.76. The van der Waals surface area contributed by atoms with E-state index in [1.807, 2.05) is 30.3 Å². The lowest BCUT2D eigenvalue weighted by Crippen LogP contribution is -1.86. The molecule has 0 saturated carbocycles. The molecule has 0 spiro atoms. The Bertz CT molecular complexity index is 1280. The highest BCUT2D eigenvalue weighted by molar-refractivity contribution is 6.09. The summed E-state index contributed by atoms with van der Waals surface area (Å²) in [4.78, 5) is 0. The fourth-order valence-corrected chi connectivity index (χ4v) is 3.76. The Morgan fingerprint density at radius 1 is 0.667 bits per heavy atom. The van der Waals surface area contributed by atoms with Gasteiger partial charge in [-0.15, -0.1) is 0 Å². The van der Waals surface area contributed by atoms with Crippen molar-refractivity contribution in [3.63, 3.8) is 0 Å². The van der Waals surface area contributed by atoms with Crippen LogP contribution < -0.4 is 0 Å². The number of halogens is 1. The highest BCUT2D eigenvalue weighted by Crippen LogP contribution is 2.38. The van der Waals surface area contributed by atoms with Crippen LogP contribution in [-0.4, -0.2) is 0 Å². The van der Waals surface area contributed by atoms with E-state index in [0.717, 1.165) is 27.5 Å². The van der Waals surface area contributed by atoms with E-state index >= 15 is 0 Å². The van der Waals surface area contributed by atoms with E-state index in [2.05, 4.69) is 43.3 Å². The molecule has 0 saturated heterocycles. The predicted molar refractivity (Wildman–Crippen MR) is 109 cm³/mol. The maximum absolute atomic E-state index is 13.7. The second-order valence-corrected chi connectivity index (χ2v) is 6.82. The van der Waals surface area contributed by atoms with Gasteiger partial charge in [0, 0.05) is 16.3 Å². The monoisotopic (exact) mass is 352 g/mol. The lowest BCUT2D eigenvalue weighted by molar-refractivity contribution is 0.626. The van der Waals surface area contributed by atoms with Gasteiger partial charge in [-0.3, -0.25) is 0 Å². The van der Waals surface area contributed by atoms with Crippen LogP contribution in [0.15, 0.2) is 89.3 Å². The molecule has 0 unspecified atom stereocenters. The molecule has 4 aromatic carbocycles. The summed E-state index contributed by atoms with van der Waals surface area (Å²) in [6, 6.07) is 27.5. The van der Waals surface area contributed by atoms with Crippen LogP contribution in [-0.2, 0) is 0 Å². The minimum Gasteiger partial charge on any atom is -0.455 e. The van der Waals surface area contributed by atoms with E-state index in [4.69, 9.17) is 4.42 Å². The minimum atomic E-state index is -0.251. The van der Waals surface area contributed by atoms with E-state index in [1.54, 1.807) is 6.07 Å². The molecular formula is C25H17FO. The van der Waals surface area contributed by atoms with Gasteiger partial charge in [-0.2, -0.15) is 0 Å². The first-order valence-corrected chi connectivity index (χ1v) is 8.98. The zero-order valence-corrected chi connectivity index (χ0v) is 14.9. The number of furan rings is 1. The molecule has 5 rings (SSSR count). The van der Waals surface area contributed by atoms with E-state index in [1.165, 1.54) is 28.8 Å². The number of hydrogen-bond acceptors (Lipinski definition) is 1. The van der Waals surface area contributed by atoms with Gasteiger partial charge in [-0.05, 0) is 47.4 Å². The first kappa shape index (κ1) is 15.8. The molecule has 1 nitrogen and oxygen atoms in total. The van der Waals surface area contributed by atoms with Gasteiger partial charge in [0.25, 0.3) is 0 Å². The molecule has 27 heavy (non-hydrogen) atoms. The Morgan fingerprint density at radius 2 is 1.52 bits per heavy atom. The molecule has 130 valence electrons. The van der Waals surface area contributed by atoms with Crippen molar-refractivity contribution in [3.8, 4) is 22.3 Å². The third-order valence-electron chi connectivity index (χ3n) is 5.08. The Labute approximate surface area is 156 Å². The molecular weight excluding hydrogens is 335 g/mol. The summed E-state index contributed by atoms with van der Waals surface area (Å²) < 4.78 is 19.8. The topological polar surface area (TPSA) is 13.1 Å². The van der Waals surface area contributed by atoms with Crippen LogP contribution in [0.4, 0.5) is 4.39 Å². The normalized spacial score (nSPS) is 11.3. The molecule has 0 bridgehead atoms. The third-order valence-corrected chi connectivity index (χ3v) is 5.08. The largest absolute Gasteiger partial charge is 0.455 e. The first-order chi connectivity index (χ1) is 13.2. The standard InChI is InChI=1S/C25H17FO/c1-16-14-18(17-6-3-2-4-7-17)10-12-20(16)21-8-5-9-22-23-15-19(26)11-13-24(23)27-25(21)22/h2-15H,1H3. The lowest BCUT2D eigenvalue weighted by atomic mass is 9.94. The van der Waals surface area contributed by atoms with Crippen LogP contribution in [0, 0.1) is 12.7 Å². The zero-order valence-electron chi connectivity index (χ0n) is 14.9. The van der Waals surface area contributed by atoms with Crippen LogP contribution in [0.1, 0.15) is 5.56 Å². The van der Waals surface area contributed by atoms with Crippen LogP contribution in [0.25, 0.3) is 44.2 Å². The lowest BCUT2D eigenvalue weighted by Gasteiger charge is -2.10. The minimum absolute atomic E-state index is 0.251. The number of benzene rings is 4. The first-order valence-electron chi connectivity index (χ1n) is 8.98. The molecule has 0 aliphatic rings. The average Bonchev–Trinajstić information content (AvgIpc) is 3.07. The quantitative estimate of drug-likeness (QED) is 0.323. The summed E-state index contributed by atoms with van der Waals surface area (Å²) in [6.07, 6.45) is 0. The van der Waals surface area contributed by atoms with Crippen molar-refractivity contribution in [1.29, 1.82) is 0 Å². The van der Waals surface area contributed by atoms with Crippen molar-refractivity contribution in [1.82, 2.24) is 0 Å². The van der Waals surface area contributed by atoms with Gasteiger partial charge in [-0.1, -0.05) is 66.7 Å². The van der Waals surface area contributed by atoms with Gasteiger partial charge in [-0.25, -0.2) is 4.39 Å². The highest BCUT2D eigenvalue weighted by Gasteiger charge is 2.14. The summed E-state index contributed by atoms with van der Waals surface area (Å²) in [6.45, 7) is 2.11. The van der Waals surface area contributed by atoms with Crippen molar-refractivity contribution >= 4 is 21.9 Å². The Morgan fingerprint density at radius 3 is 2.33 bits per heavy atom. The fraction of sp³-hybridized carbons (Fsp3) is 0.0400. The summed E-state index contributed by atoms with van der Waals surface area (Å²) >= 11 is 0. The molecule has 0 N–H and O–H groups in total. The number of fused-ring (bicyclic) bond motifs is 3. The van der Waals surface area contributed by atoms with Crippen molar-refractivity contribution in [3.05, 3.63) is 96.3 Å². The summed E-state index contributed by atoms with van der Waals surface area (Å²) in [5.74, 6) is -0.251. The highest BCUT2D eigenvalue weighted by atomic mass is 19.1. The van der Waals surface area contributed by atoms with Gasteiger partial charge < -0.3 is 4.42 Å². The number of aryl methyl sites for hydroxylation is 1. The van der Waals surface area contributed by atoms with Crippen molar-refractivity contribution < 1.29 is 8.81 Å². The van der Waals surface area contributed by atoms with E-state index < -0.39 is 0 Å². The maximum Gasteiger partial charge on any atom is 0.143 e. The van der Waals surface area contributed by atoms with Crippen LogP contribution in [0.5, 0.6) is 0 Å². The number of hydrogen-bond donors (Lipinski definition) is 0. The van der Waals surface area contributed by atoms with E-state index in [9.17, 15) is 4.39 Å². The molecule has 0 aliphatic carbocycles. The molecule has 0 atom stereocenters. The van der Waals surface area contributed by atoms with Crippen LogP contribution in [0.2, 0.25) is 0 Å². The number of para-hydroxylation sites is 1. The molecule has 5 aromatic rings. The summed E-state index contributed by atoms with van der Waals surface area (Å²) in [5.41, 5.74) is 7.22. The SMILES string of the molecule is Cc1cc(-c2ccccc2)ccc1-c1cccc2c1oc1ccc(F)cc12. The third kappa shape index (κ3) is 2.61. The van der Waals surface area contributed by atoms with Gasteiger partial charge in [0.2, 0.25) is 0 Å². The van der Waals surface area contributed by atoms with E-state index in [-0.39, 0.29) is 5.82 Å². The Kier molecular flexibility index (Phi) is 3.58. The van der Waals surface area contributed by atoms with Crippen molar-refractivity contribution in [2.45, 2.75) is 6.92 Å². The summed E-state index contributed by atoms with van der Waals surface area (Å²) in [7, 11) is 0. The predicted octanol–water partition coefficient (Wildman–Crippen LogP) is 7.37. The smallest absolute Gasteiger partial charge is 0.143 e. The molecule has 0 aliphatic heterocycles.